The number of benzene rings is 1. The molecule has 0 bridgehead atoms. The monoisotopic (exact) mass is 345 g/mol. The molecule has 0 N–H and O–H groups in total. The van der Waals surface area contributed by atoms with E-state index in [9.17, 15) is 14.0 Å². The van der Waals surface area contributed by atoms with E-state index in [0.29, 0.717) is 31.0 Å². The van der Waals surface area contributed by atoms with Crippen molar-refractivity contribution in [3.8, 4) is 0 Å². The molecule has 0 aliphatic carbocycles. The highest BCUT2D eigenvalue weighted by molar-refractivity contribution is 6.09. The third-order valence-corrected chi connectivity index (χ3v) is 4.59. The van der Waals surface area contributed by atoms with Crippen LogP contribution in [-0.4, -0.2) is 35.5 Å². The first-order valence-corrected chi connectivity index (χ1v) is 8.12. The van der Waals surface area contributed by atoms with Crippen LogP contribution in [0.25, 0.3) is 0 Å². The molecule has 0 spiro atoms. The van der Waals surface area contributed by atoms with Gasteiger partial charge in [0.25, 0.3) is 0 Å². The molecule has 1 atom stereocenters. The molecule has 6 nitrogen and oxygen atoms in total. The lowest BCUT2D eigenvalue weighted by atomic mass is 10.1. The van der Waals surface area contributed by atoms with Crippen molar-refractivity contribution in [1.82, 2.24) is 10.1 Å². The van der Waals surface area contributed by atoms with E-state index in [1.165, 1.54) is 21.9 Å². The molecule has 1 aliphatic rings. The topological polar surface area (TPSA) is 66.7 Å². The number of hydrogen-bond acceptors (Lipinski definition) is 4. The average Bonchev–Trinajstić information content (AvgIpc) is 3.12. The molecule has 1 aromatic carbocycles. The highest BCUT2D eigenvalue weighted by Gasteiger charge is 2.39. The molecular weight excluding hydrogens is 325 g/mol. The van der Waals surface area contributed by atoms with Gasteiger partial charge in [-0.3, -0.25) is 9.59 Å². The molecule has 1 saturated heterocycles. The van der Waals surface area contributed by atoms with Gasteiger partial charge in [0.2, 0.25) is 11.8 Å². The second-order valence-electron chi connectivity index (χ2n) is 6.30. The Kier molecular flexibility index (Phi) is 4.57. The molecule has 2 aromatic rings. The summed E-state index contributed by atoms with van der Waals surface area (Å²) in [6.07, 6.45) is 0.445. The minimum absolute atomic E-state index is 0.227. The third kappa shape index (κ3) is 3.26. The van der Waals surface area contributed by atoms with Crippen LogP contribution in [0.3, 0.4) is 0 Å². The minimum atomic E-state index is -0.712. The Labute approximate surface area is 145 Å². The van der Waals surface area contributed by atoms with Crippen molar-refractivity contribution in [3.63, 3.8) is 0 Å². The zero-order valence-electron chi connectivity index (χ0n) is 14.5. The fourth-order valence-electron chi connectivity index (χ4n) is 3.10. The van der Waals surface area contributed by atoms with Gasteiger partial charge < -0.3 is 14.3 Å². The maximum Gasteiger partial charge on any atom is 0.239 e. The van der Waals surface area contributed by atoms with Crippen LogP contribution in [0.15, 0.2) is 28.8 Å². The summed E-state index contributed by atoms with van der Waals surface area (Å²) in [7, 11) is 1.67. The van der Waals surface area contributed by atoms with E-state index < -0.39 is 5.92 Å². The number of nitrogens with zero attached hydrogens (tertiary/aromatic N) is 3. The number of carbonyl (C=O) groups excluding carboxylic acids is 2. The van der Waals surface area contributed by atoms with Crippen LogP contribution < -0.4 is 4.90 Å². The quantitative estimate of drug-likeness (QED) is 0.799. The second-order valence-corrected chi connectivity index (χ2v) is 6.30. The van der Waals surface area contributed by atoms with E-state index in [1.807, 2.05) is 6.92 Å². The number of hydrogen-bond donors (Lipinski definition) is 0. The first-order valence-electron chi connectivity index (χ1n) is 8.12. The number of rotatable bonds is 4. The lowest BCUT2D eigenvalue weighted by molar-refractivity contribution is -0.139. The number of carbonyl (C=O) groups is 2. The lowest BCUT2D eigenvalue weighted by Gasteiger charge is -2.21. The highest BCUT2D eigenvalue weighted by atomic mass is 19.1. The van der Waals surface area contributed by atoms with E-state index in [2.05, 4.69) is 5.16 Å². The molecule has 7 heteroatoms. The van der Waals surface area contributed by atoms with Crippen LogP contribution in [0.4, 0.5) is 10.1 Å². The van der Waals surface area contributed by atoms with Gasteiger partial charge in [0.05, 0.1) is 12.2 Å². The van der Waals surface area contributed by atoms with Gasteiger partial charge in [0, 0.05) is 24.8 Å². The predicted octanol–water partition coefficient (Wildman–Crippen LogP) is 2.44. The fourth-order valence-corrected chi connectivity index (χ4v) is 3.10. The zero-order valence-corrected chi connectivity index (χ0v) is 14.5. The van der Waals surface area contributed by atoms with Gasteiger partial charge in [0.1, 0.15) is 17.5 Å². The summed E-state index contributed by atoms with van der Waals surface area (Å²) in [4.78, 5) is 28.4. The van der Waals surface area contributed by atoms with Gasteiger partial charge in [-0.1, -0.05) is 5.16 Å². The summed E-state index contributed by atoms with van der Waals surface area (Å²) in [5.74, 6) is -0.877. The maximum atomic E-state index is 13.1. The Balaban J connectivity index is 1.70. The highest BCUT2D eigenvalue weighted by Crippen LogP contribution is 2.27. The number of halogens is 1. The molecule has 3 rings (SSSR count). The van der Waals surface area contributed by atoms with Gasteiger partial charge in [-0.2, -0.15) is 0 Å². The largest absolute Gasteiger partial charge is 0.361 e. The number of aromatic nitrogens is 1. The van der Waals surface area contributed by atoms with Crippen molar-refractivity contribution in [2.24, 2.45) is 5.92 Å². The summed E-state index contributed by atoms with van der Waals surface area (Å²) in [5, 5.41) is 3.88. The number of aryl methyl sites for hydroxylation is 2. The van der Waals surface area contributed by atoms with Gasteiger partial charge in [0.15, 0.2) is 0 Å². The molecule has 0 saturated carbocycles. The van der Waals surface area contributed by atoms with Crippen molar-refractivity contribution >= 4 is 17.5 Å². The summed E-state index contributed by atoms with van der Waals surface area (Å²) in [5.41, 5.74) is 2.20. The van der Waals surface area contributed by atoms with Crippen LogP contribution >= 0.6 is 0 Å². The Morgan fingerprint density at radius 1 is 1.36 bits per heavy atom. The van der Waals surface area contributed by atoms with Gasteiger partial charge in [-0.15, -0.1) is 0 Å². The second kappa shape index (κ2) is 6.66. The van der Waals surface area contributed by atoms with Gasteiger partial charge >= 0.3 is 0 Å². The molecule has 2 amide bonds. The van der Waals surface area contributed by atoms with E-state index in [-0.39, 0.29) is 17.6 Å². The molecule has 2 heterocycles. The Morgan fingerprint density at radius 3 is 2.64 bits per heavy atom. The number of anilines is 1. The van der Waals surface area contributed by atoms with Crippen LogP contribution in [0, 0.1) is 25.6 Å². The van der Waals surface area contributed by atoms with Crippen molar-refractivity contribution in [2.45, 2.75) is 26.8 Å². The fraction of sp³-hybridized carbons (Fsp3) is 0.389. The first kappa shape index (κ1) is 17.1. The van der Waals surface area contributed by atoms with Crippen molar-refractivity contribution < 1.29 is 18.5 Å². The van der Waals surface area contributed by atoms with Crippen molar-refractivity contribution in [2.75, 3.05) is 18.5 Å². The van der Waals surface area contributed by atoms with E-state index in [0.717, 1.165) is 11.3 Å². The lowest BCUT2D eigenvalue weighted by Crippen LogP contribution is -2.37. The van der Waals surface area contributed by atoms with Gasteiger partial charge in [-0.05, 0) is 44.5 Å². The van der Waals surface area contributed by atoms with Crippen LogP contribution in [0.2, 0.25) is 0 Å². The number of amides is 2. The maximum absolute atomic E-state index is 13.1. The molecule has 0 radical (unpaired) electrons. The van der Waals surface area contributed by atoms with Crippen LogP contribution in [0.1, 0.15) is 23.4 Å². The minimum Gasteiger partial charge on any atom is -0.361 e. The van der Waals surface area contributed by atoms with Crippen molar-refractivity contribution in [3.05, 3.63) is 47.1 Å². The molecule has 1 unspecified atom stereocenters. The predicted molar refractivity (Wildman–Crippen MR) is 89.3 cm³/mol. The summed E-state index contributed by atoms with van der Waals surface area (Å²) < 4.78 is 18.2. The first-order chi connectivity index (χ1) is 11.9. The molecule has 1 aliphatic heterocycles. The molecule has 25 heavy (non-hydrogen) atoms. The summed E-state index contributed by atoms with van der Waals surface area (Å²) >= 11 is 0. The standard InChI is InChI=1S/C18H20FN3O3/c1-11-16(12(2)25-20-11)10-21(3)17(23)15-8-9-22(18(15)24)14-6-4-13(19)5-7-14/h4-7,15H,8-10H2,1-3H3. The average molecular weight is 345 g/mol. The molecule has 1 aromatic heterocycles. The zero-order chi connectivity index (χ0) is 18.1. The summed E-state index contributed by atoms with van der Waals surface area (Å²) in [6.45, 7) is 4.41. The molecule has 1 fully saturated rings. The Morgan fingerprint density at radius 2 is 2.04 bits per heavy atom. The third-order valence-electron chi connectivity index (χ3n) is 4.59. The SMILES string of the molecule is Cc1noc(C)c1CN(C)C(=O)C1CCN(c2ccc(F)cc2)C1=O. The Bertz CT molecular complexity index is 781. The van der Waals surface area contributed by atoms with Gasteiger partial charge in [-0.25, -0.2) is 4.39 Å². The smallest absolute Gasteiger partial charge is 0.239 e. The van der Waals surface area contributed by atoms with Crippen LogP contribution in [0.5, 0.6) is 0 Å². The van der Waals surface area contributed by atoms with E-state index in [1.54, 1.807) is 26.1 Å². The van der Waals surface area contributed by atoms with Crippen LogP contribution in [-0.2, 0) is 16.1 Å². The normalized spacial score (nSPS) is 17.2. The molecule has 132 valence electrons. The Hall–Kier alpha value is -2.70. The summed E-state index contributed by atoms with van der Waals surface area (Å²) in [6, 6.07) is 5.71. The van der Waals surface area contributed by atoms with E-state index >= 15 is 0 Å². The van der Waals surface area contributed by atoms with E-state index in [4.69, 9.17) is 4.52 Å². The van der Waals surface area contributed by atoms with Crippen molar-refractivity contribution in [1.29, 1.82) is 0 Å². The molecular formula is C18H20FN3O3.